The van der Waals surface area contributed by atoms with E-state index in [4.69, 9.17) is 39.5 Å². The van der Waals surface area contributed by atoms with Crippen molar-refractivity contribution < 1.29 is 9.53 Å². The molecule has 0 aliphatic rings. The molecule has 2 aromatic carbocycles. The molecule has 1 heterocycles. The molecule has 10 heteroatoms. The molecule has 0 spiro atoms. The van der Waals surface area contributed by atoms with E-state index in [1.165, 1.54) is 11.8 Å². The molecule has 0 saturated carbocycles. The summed E-state index contributed by atoms with van der Waals surface area (Å²) in [5, 5.41) is 5.54. The van der Waals surface area contributed by atoms with E-state index in [-0.39, 0.29) is 11.2 Å². The molecule has 31 heavy (non-hydrogen) atoms. The molecule has 1 aromatic heterocycles. The number of para-hydroxylation sites is 1. The summed E-state index contributed by atoms with van der Waals surface area (Å²) in [7, 11) is 3.28. The van der Waals surface area contributed by atoms with Crippen molar-refractivity contribution in [3.63, 3.8) is 0 Å². The number of benzene rings is 2. The van der Waals surface area contributed by atoms with Crippen LogP contribution in [-0.2, 0) is 7.05 Å². The van der Waals surface area contributed by atoms with Crippen LogP contribution in [0.3, 0.4) is 0 Å². The van der Waals surface area contributed by atoms with Crippen LogP contribution in [0.2, 0.25) is 0 Å². The van der Waals surface area contributed by atoms with Gasteiger partial charge in [-0.1, -0.05) is 53.0 Å². The normalized spacial score (nSPS) is 12.3. The SMILES string of the molecule is COc1ccc(C(=O)N[C@H](Nc2c(C)n(C)n(-c3ccccc3)c2=O)C(Cl)(Cl)Cl)cc1. The molecule has 1 amide bonds. The van der Waals surface area contributed by atoms with Gasteiger partial charge < -0.3 is 15.4 Å². The summed E-state index contributed by atoms with van der Waals surface area (Å²) in [5.74, 6) is 0.123. The van der Waals surface area contributed by atoms with Gasteiger partial charge in [0.1, 0.15) is 17.6 Å². The number of alkyl halides is 3. The Labute approximate surface area is 194 Å². The van der Waals surface area contributed by atoms with Crippen molar-refractivity contribution in [2.45, 2.75) is 16.9 Å². The maximum absolute atomic E-state index is 13.1. The molecular weight excluding hydrogens is 463 g/mol. The lowest BCUT2D eigenvalue weighted by atomic mass is 10.2. The zero-order chi connectivity index (χ0) is 22.8. The Morgan fingerprint density at radius 2 is 1.68 bits per heavy atom. The van der Waals surface area contributed by atoms with E-state index in [9.17, 15) is 9.59 Å². The van der Waals surface area contributed by atoms with Gasteiger partial charge >= 0.3 is 0 Å². The first kappa shape index (κ1) is 23.1. The van der Waals surface area contributed by atoms with Gasteiger partial charge in [-0.25, -0.2) is 4.68 Å². The van der Waals surface area contributed by atoms with E-state index in [2.05, 4.69) is 10.6 Å². The minimum atomic E-state index is -1.94. The lowest BCUT2D eigenvalue weighted by molar-refractivity contribution is 0.0941. The second-order valence-corrected chi connectivity index (χ2v) is 9.13. The third kappa shape index (κ3) is 5.01. The van der Waals surface area contributed by atoms with Crippen molar-refractivity contribution in [3.05, 3.63) is 76.2 Å². The maximum atomic E-state index is 13.1. The van der Waals surface area contributed by atoms with E-state index >= 15 is 0 Å². The number of hydrogen-bond donors (Lipinski definition) is 2. The third-order valence-corrected chi connectivity index (χ3v) is 5.45. The summed E-state index contributed by atoms with van der Waals surface area (Å²) in [5.41, 5.74) is 1.49. The molecule has 0 fully saturated rings. The van der Waals surface area contributed by atoms with Crippen LogP contribution < -0.4 is 20.9 Å². The summed E-state index contributed by atoms with van der Waals surface area (Å²) in [6.07, 6.45) is -1.18. The van der Waals surface area contributed by atoms with E-state index in [1.807, 2.05) is 30.3 Å². The highest BCUT2D eigenvalue weighted by Gasteiger charge is 2.36. The Balaban J connectivity index is 1.91. The van der Waals surface area contributed by atoms with E-state index < -0.39 is 15.9 Å². The van der Waals surface area contributed by atoms with Gasteiger partial charge in [0.25, 0.3) is 11.5 Å². The molecule has 3 aromatic rings. The molecule has 0 radical (unpaired) electrons. The molecule has 0 aliphatic heterocycles. The fourth-order valence-corrected chi connectivity index (χ4v) is 3.36. The van der Waals surface area contributed by atoms with E-state index in [0.29, 0.717) is 22.7 Å². The molecule has 0 unspecified atom stereocenters. The predicted octanol–water partition coefficient (Wildman–Crippen LogP) is 4.03. The van der Waals surface area contributed by atoms with E-state index in [1.54, 1.807) is 42.9 Å². The first-order chi connectivity index (χ1) is 14.6. The van der Waals surface area contributed by atoms with Crippen LogP contribution in [0.25, 0.3) is 5.69 Å². The quantitative estimate of drug-likeness (QED) is 0.410. The van der Waals surface area contributed by atoms with Crippen LogP contribution in [0.15, 0.2) is 59.4 Å². The number of methoxy groups -OCH3 is 1. The van der Waals surface area contributed by atoms with Crippen LogP contribution in [0.5, 0.6) is 5.75 Å². The molecular formula is C21H21Cl3N4O3. The Kier molecular flexibility index (Phi) is 6.89. The Hall–Kier alpha value is -2.61. The average molecular weight is 484 g/mol. The highest BCUT2D eigenvalue weighted by atomic mass is 35.6. The van der Waals surface area contributed by atoms with Gasteiger partial charge in [0, 0.05) is 12.6 Å². The number of ether oxygens (including phenoxy) is 1. The molecule has 0 saturated heterocycles. The topological polar surface area (TPSA) is 77.3 Å². The van der Waals surface area contributed by atoms with E-state index in [0.717, 1.165) is 0 Å². The number of carbonyl (C=O) groups excluding carboxylic acids is 1. The minimum Gasteiger partial charge on any atom is -0.497 e. The first-order valence-corrected chi connectivity index (χ1v) is 10.4. The van der Waals surface area contributed by atoms with Crippen molar-refractivity contribution in [2.75, 3.05) is 12.4 Å². The number of carbonyl (C=O) groups is 1. The fraction of sp³-hybridized carbons (Fsp3) is 0.238. The first-order valence-electron chi connectivity index (χ1n) is 9.25. The van der Waals surface area contributed by atoms with Gasteiger partial charge in [0.05, 0.1) is 18.5 Å². The number of anilines is 1. The van der Waals surface area contributed by atoms with Crippen LogP contribution in [0.4, 0.5) is 5.69 Å². The summed E-state index contributed by atoms with van der Waals surface area (Å²) in [6.45, 7) is 1.75. The molecule has 0 aliphatic carbocycles. The smallest absolute Gasteiger partial charge is 0.295 e. The summed E-state index contributed by atoms with van der Waals surface area (Å²) in [4.78, 5) is 25.8. The van der Waals surface area contributed by atoms with Crippen molar-refractivity contribution >= 4 is 46.4 Å². The monoisotopic (exact) mass is 482 g/mol. The second-order valence-electron chi connectivity index (χ2n) is 6.76. The van der Waals surface area contributed by atoms with Gasteiger partial charge in [0.2, 0.25) is 3.79 Å². The zero-order valence-electron chi connectivity index (χ0n) is 17.0. The van der Waals surface area contributed by atoms with Gasteiger partial charge in [-0.15, -0.1) is 0 Å². The van der Waals surface area contributed by atoms with Crippen LogP contribution in [-0.4, -0.2) is 32.3 Å². The molecule has 0 bridgehead atoms. The average Bonchev–Trinajstić information content (AvgIpc) is 2.96. The lowest BCUT2D eigenvalue weighted by Gasteiger charge is -2.27. The standard InChI is InChI=1S/C21H21Cl3N4O3/c1-13-17(19(30)28(27(13)2)15-7-5-4-6-8-15)25-20(21(22,23)24)26-18(29)14-9-11-16(31-3)12-10-14/h4-12,20,25H,1-3H3,(H,26,29)/t20-/m0/s1. The molecule has 2 N–H and O–H groups in total. The zero-order valence-corrected chi connectivity index (χ0v) is 19.3. The summed E-state index contributed by atoms with van der Waals surface area (Å²) in [6, 6.07) is 15.6. The molecule has 7 nitrogen and oxygen atoms in total. The number of amides is 1. The predicted molar refractivity (Wildman–Crippen MR) is 124 cm³/mol. The van der Waals surface area contributed by atoms with Crippen LogP contribution in [0.1, 0.15) is 16.1 Å². The lowest BCUT2D eigenvalue weighted by Crippen LogP contribution is -2.49. The maximum Gasteiger partial charge on any atom is 0.295 e. The van der Waals surface area contributed by atoms with Gasteiger partial charge in [-0.05, 0) is 43.3 Å². The molecule has 164 valence electrons. The van der Waals surface area contributed by atoms with Crippen LogP contribution in [0, 0.1) is 6.92 Å². The van der Waals surface area contributed by atoms with Crippen molar-refractivity contribution in [1.29, 1.82) is 0 Å². The molecule has 3 rings (SSSR count). The number of nitrogens with one attached hydrogen (secondary N) is 2. The fourth-order valence-electron chi connectivity index (χ4n) is 3.04. The third-order valence-electron chi connectivity index (χ3n) is 4.80. The van der Waals surface area contributed by atoms with Gasteiger partial charge in [-0.2, -0.15) is 0 Å². The number of rotatable bonds is 6. The molecule has 1 atom stereocenters. The number of nitrogens with zero attached hydrogens (tertiary/aromatic N) is 2. The Morgan fingerprint density at radius 3 is 2.23 bits per heavy atom. The van der Waals surface area contributed by atoms with Crippen LogP contribution >= 0.6 is 34.8 Å². The number of halogens is 3. The Bertz CT molecular complexity index is 1120. The van der Waals surface area contributed by atoms with Crippen molar-refractivity contribution in [3.8, 4) is 11.4 Å². The Morgan fingerprint density at radius 1 is 1.06 bits per heavy atom. The van der Waals surface area contributed by atoms with Crippen molar-refractivity contribution in [1.82, 2.24) is 14.7 Å². The van der Waals surface area contributed by atoms with Gasteiger partial charge in [0.15, 0.2) is 0 Å². The minimum absolute atomic E-state index is 0.206. The highest BCUT2D eigenvalue weighted by molar-refractivity contribution is 6.68. The number of aromatic nitrogens is 2. The highest BCUT2D eigenvalue weighted by Crippen LogP contribution is 2.31. The summed E-state index contributed by atoms with van der Waals surface area (Å²) >= 11 is 18.3. The number of hydrogen-bond acceptors (Lipinski definition) is 4. The largest absolute Gasteiger partial charge is 0.497 e. The summed E-state index contributed by atoms with van der Waals surface area (Å²) < 4.78 is 6.32. The van der Waals surface area contributed by atoms with Gasteiger partial charge in [-0.3, -0.25) is 14.3 Å². The second kappa shape index (κ2) is 9.26. The van der Waals surface area contributed by atoms with Crippen molar-refractivity contribution in [2.24, 2.45) is 7.05 Å².